The second-order valence-corrected chi connectivity index (χ2v) is 4.98. The number of halogens is 1. The lowest BCUT2D eigenvalue weighted by molar-refractivity contribution is -0.118. The number of benzene rings is 1. The number of primary amides is 1. The van der Waals surface area contributed by atoms with Gasteiger partial charge in [-0.1, -0.05) is 17.7 Å². The van der Waals surface area contributed by atoms with E-state index in [0.717, 1.165) is 30.8 Å². The van der Waals surface area contributed by atoms with Gasteiger partial charge in [0.1, 0.15) is 0 Å². The molecule has 1 aromatic carbocycles. The highest BCUT2D eigenvalue weighted by Crippen LogP contribution is 2.25. The van der Waals surface area contributed by atoms with Crippen LogP contribution in [-0.2, 0) is 17.6 Å². The zero-order valence-electron chi connectivity index (χ0n) is 9.71. The van der Waals surface area contributed by atoms with E-state index in [1.165, 1.54) is 11.1 Å². The van der Waals surface area contributed by atoms with Crippen LogP contribution in [0.4, 0.5) is 0 Å². The molecule has 3 N–H and O–H groups in total. The molecular weight excluding hydrogens is 236 g/mol. The molecule has 1 amide bonds. The number of nitrogens with one attached hydrogen (secondary N) is 1. The van der Waals surface area contributed by atoms with E-state index in [0.29, 0.717) is 12.5 Å². The van der Waals surface area contributed by atoms with Gasteiger partial charge in [0, 0.05) is 17.5 Å². The third kappa shape index (κ3) is 3.45. The van der Waals surface area contributed by atoms with Crippen molar-refractivity contribution >= 4 is 17.5 Å². The molecule has 92 valence electrons. The fourth-order valence-electron chi connectivity index (χ4n) is 2.30. The van der Waals surface area contributed by atoms with Gasteiger partial charge in [-0.2, -0.15) is 0 Å². The van der Waals surface area contributed by atoms with E-state index in [4.69, 9.17) is 17.3 Å². The van der Waals surface area contributed by atoms with E-state index in [2.05, 4.69) is 11.4 Å². The molecule has 0 radical (unpaired) electrons. The second-order valence-electron chi connectivity index (χ2n) is 4.54. The average Bonchev–Trinajstić information content (AvgIpc) is 2.66. The van der Waals surface area contributed by atoms with Crippen molar-refractivity contribution in [2.75, 3.05) is 6.54 Å². The van der Waals surface area contributed by atoms with Gasteiger partial charge in [0.05, 0.1) is 0 Å². The van der Waals surface area contributed by atoms with E-state index >= 15 is 0 Å². The zero-order chi connectivity index (χ0) is 12.3. The number of fused-ring (bicyclic) bond motifs is 1. The quantitative estimate of drug-likeness (QED) is 0.784. The minimum absolute atomic E-state index is 0.228. The molecule has 17 heavy (non-hydrogen) atoms. The van der Waals surface area contributed by atoms with Crippen LogP contribution in [0.5, 0.6) is 0 Å². The van der Waals surface area contributed by atoms with Gasteiger partial charge in [0.15, 0.2) is 0 Å². The fraction of sp³-hybridized carbons (Fsp3) is 0.462. The molecule has 1 atom stereocenters. The lowest BCUT2D eigenvalue weighted by Gasteiger charge is -2.10. The van der Waals surface area contributed by atoms with E-state index < -0.39 is 0 Å². The van der Waals surface area contributed by atoms with Crippen molar-refractivity contribution in [2.24, 2.45) is 5.73 Å². The van der Waals surface area contributed by atoms with Gasteiger partial charge in [-0.15, -0.1) is 0 Å². The Morgan fingerprint density at radius 2 is 2.18 bits per heavy atom. The number of amides is 1. The molecule has 0 heterocycles. The number of rotatable bonds is 5. The molecule has 1 aliphatic carbocycles. The van der Waals surface area contributed by atoms with Crippen molar-refractivity contribution in [1.29, 1.82) is 0 Å². The van der Waals surface area contributed by atoms with Crippen LogP contribution >= 0.6 is 11.6 Å². The van der Waals surface area contributed by atoms with E-state index in [1.807, 2.05) is 12.1 Å². The van der Waals surface area contributed by atoms with Crippen LogP contribution in [0.3, 0.4) is 0 Å². The summed E-state index contributed by atoms with van der Waals surface area (Å²) < 4.78 is 0. The Hall–Kier alpha value is -1.06. The first-order chi connectivity index (χ1) is 8.15. The van der Waals surface area contributed by atoms with E-state index in [9.17, 15) is 4.79 Å². The smallest absolute Gasteiger partial charge is 0.217 e. The molecule has 3 nitrogen and oxygen atoms in total. The summed E-state index contributed by atoms with van der Waals surface area (Å²) in [6, 6.07) is 6.55. The summed E-state index contributed by atoms with van der Waals surface area (Å²) in [4.78, 5) is 10.6. The van der Waals surface area contributed by atoms with Gasteiger partial charge in [-0.25, -0.2) is 0 Å². The third-order valence-electron chi connectivity index (χ3n) is 3.13. The van der Waals surface area contributed by atoms with E-state index in [1.54, 1.807) is 0 Å². The van der Waals surface area contributed by atoms with Crippen LogP contribution in [0.2, 0.25) is 5.02 Å². The molecular formula is C13H17ClN2O. The lowest BCUT2D eigenvalue weighted by Crippen LogP contribution is -2.30. The molecule has 0 saturated carbocycles. The van der Waals surface area contributed by atoms with Crippen LogP contribution in [0.1, 0.15) is 24.0 Å². The highest BCUT2D eigenvalue weighted by atomic mass is 35.5. The maximum atomic E-state index is 10.6. The van der Waals surface area contributed by atoms with Crippen LogP contribution < -0.4 is 11.1 Å². The molecule has 0 aromatic heterocycles. The Labute approximate surface area is 106 Å². The van der Waals surface area contributed by atoms with Crippen molar-refractivity contribution in [3.05, 3.63) is 34.3 Å². The predicted octanol–water partition coefficient (Wildman–Crippen LogP) is 1.66. The molecule has 2 rings (SSSR count). The van der Waals surface area contributed by atoms with Crippen molar-refractivity contribution < 1.29 is 4.79 Å². The largest absolute Gasteiger partial charge is 0.370 e. The topological polar surface area (TPSA) is 55.1 Å². The fourth-order valence-corrected chi connectivity index (χ4v) is 2.49. The predicted molar refractivity (Wildman–Crippen MR) is 69.1 cm³/mol. The van der Waals surface area contributed by atoms with Gasteiger partial charge < -0.3 is 11.1 Å². The van der Waals surface area contributed by atoms with Crippen molar-refractivity contribution in [1.82, 2.24) is 5.32 Å². The highest BCUT2D eigenvalue weighted by molar-refractivity contribution is 6.30. The number of nitrogens with two attached hydrogens (primary N) is 1. The molecule has 1 aliphatic rings. The van der Waals surface area contributed by atoms with Gasteiger partial charge in [0.2, 0.25) is 5.91 Å². The maximum absolute atomic E-state index is 10.6. The number of hydrogen-bond acceptors (Lipinski definition) is 2. The Kier molecular flexibility index (Phi) is 4.02. The summed E-state index contributed by atoms with van der Waals surface area (Å²) in [5.74, 6) is -0.228. The van der Waals surface area contributed by atoms with Crippen LogP contribution in [0, 0.1) is 0 Å². The summed E-state index contributed by atoms with van der Waals surface area (Å²) in [6.45, 7) is 0.843. The Morgan fingerprint density at radius 3 is 2.94 bits per heavy atom. The van der Waals surface area contributed by atoms with Crippen LogP contribution in [0.25, 0.3) is 0 Å². The summed E-state index contributed by atoms with van der Waals surface area (Å²) in [5.41, 5.74) is 7.81. The normalized spacial score (nSPS) is 18.1. The molecule has 0 bridgehead atoms. The van der Waals surface area contributed by atoms with Crippen molar-refractivity contribution in [3.63, 3.8) is 0 Å². The van der Waals surface area contributed by atoms with E-state index in [-0.39, 0.29) is 5.91 Å². The highest BCUT2D eigenvalue weighted by Gasteiger charge is 2.20. The second kappa shape index (κ2) is 5.52. The van der Waals surface area contributed by atoms with Crippen LogP contribution in [0.15, 0.2) is 18.2 Å². The van der Waals surface area contributed by atoms with Gasteiger partial charge in [-0.3, -0.25) is 4.79 Å². The summed E-state index contributed by atoms with van der Waals surface area (Å²) in [6.07, 6.45) is 3.33. The number of carbonyl (C=O) groups excluding carboxylic acids is 1. The first-order valence-corrected chi connectivity index (χ1v) is 6.32. The Morgan fingerprint density at radius 1 is 1.41 bits per heavy atom. The van der Waals surface area contributed by atoms with Gasteiger partial charge in [0.25, 0.3) is 0 Å². The zero-order valence-corrected chi connectivity index (χ0v) is 10.5. The molecule has 1 aromatic rings. The maximum Gasteiger partial charge on any atom is 0.217 e. The van der Waals surface area contributed by atoms with Crippen molar-refractivity contribution in [2.45, 2.75) is 31.7 Å². The monoisotopic (exact) mass is 252 g/mol. The van der Waals surface area contributed by atoms with Gasteiger partial charge >= 0.3 is 0 Å². The Bertz CT molecular complexity index is 420. The first-order valence-electron chi connectivity index (χ1n) is 5.94. The molecule has 0 fully saturated rings. The molecule has 4 heteroatoms. The van der Waals surface area contributed by atoms with Crippen molar-refractivity contribution in [3.8, 4) is 0 Å². The molecule has 0 spiro atoms. The lowest BCUT2D eigenvalue weighted by atomic mass is 10.1. The Balaban J connectivity index is 1.78. The first kappa shape index (κ1) is 12.4. The molecule has 1 unspecified atom stereocenters. The number of carbonyl (C=O) groups is 1. The minimum atomic E-state index is -0.228. The minimum Gasteiger partial charge on any atom is -0.370 e. The SMILES string of the molecule is NC(=O)CCCNC1Cc2ccc(Cl)cc2C1. The summed E-state index contributed by atoms with van der Waals surface area (Å²) in [5, 5.41) is 4.26. The summed E-state index contributed by atoms with van der Waals surface area (Å²) >= 11 is 5.96. The standard InChI is InChI=1S/C13H17ClN2O/c14-11-4-3-9-7-12(8-10(9)6-11)16-5-1-2-13(15)17/h3-4,6,12,16H,1-2,5,7-8H2,(H2,15,17). The summed E-state index contributed by atoms with van der Waals surface area (Å²) in [7, 11) is 0. The number of hydrogen-bond donors (Lipinski definition) is 2. The average molecular weight is 253 g/mol. The van der Waals surface area contributed by atoms with Crippen LogP contribution in [-0.4, -0.2) is 18.5 Å². The molecule has 0 aliphatic heterocycles. The third-order valence-corrected chi connectivity index (χ3v) is 3.37. The van der Waals surface area contributed by atoms with Gasteiger partial charge in [-0.05, 0) is 49.1 Å². The molecule has 0 saturated heterocycles.